The zero-order chi connectivity index (χ0) is 19.4. The highest BCUT2D eigenvalue weighted by molar-refractivity contribution is 7.99. The molecule has 0 aliphatic heterocycles. The minimum absolute atomic E-state index is 0.0399. The lowest BCUT2D eigenvalue weighted by Gasteiger charge is -2.10. The number of anilines is 1. The van der Waals surface area contributed by atoms with Crippen LogP contribution in [-0.2, 0) is 4.79 Å². The summed E-state index contributed by atoms with van der Waals surface area (Å²) in [6, 6.07) is 8.35. The maximum atomic E-state index is 13.2. The van der Waals surface area contributed by atoms with Crippen molar-refractivity contribution in [1.82, 2.24) is 20.2 Å². The summed E-state index contributed by atoms with van der Waals surface area (Å²) in [5.41, 5.74) is 1.67. The number of tetrazole rings is 1. The number of thioether (sulfide) groups is 1. The molecule has 1 amide bonds. The van der Waals surface area contributed by atoms with E-state index in [9.17, 15) is 13.6 Å². The zero-order valence-corrected chi connectivity index (χ0v) is 15.3. The van der Waals surface area contributed by atoms with Crippen LogP contribution in [0.3, 0.4) is 0 Å². The molecular formula is C17H15F2N5O2S. The molecule has 0 atom stereocenters. The van der Waals surface area contributed by atoms with Gasteiger partial charge in [0.2, 0.25) is 11.1 Å². The second-order valence-electron chi connectivity index (χ2n) is 5.54. The first-order chi connectivity index (χ1) is 13.0. The van der Waals surface area contributed by atoms with Gasteiger partial charge in [0.05, 0.1) is 12.9 Å². The van der Waals surface area contributed by atoms with E-state index < -0.39 is 17.5 Å². The molecule has 7 nitrogen and oxygen atoms in total. The number of halogens is 2. The van der Waals surface area contributed by atoms with Gasteiger partial charge in [0.1, 0.15) is 23.1 Å². The number of ether oxygens (including phenoxy) is 1. The number of hydrogen-bond donors (Lipinski definition) is 1. The number of hydrogen-bond acceptors (Lipinski definition) is 6. The van der Waals surface area contributed by atoms with E-state index in [1.165, 1.54) is 11.8 Å². The first-order valence-electron chi connectivity index (χ1n) is 7.78. The van der Waals surface area contributed by atoms with E-state index in [2.05, 4.69) is 20.8 Å². The molecule has 27 heavy (non-hydrogen) atoms. The van der Waals surface area contributed by atoms with Crippen molar-refractivity contribution in [3.8, 4) is 11.4 Å². The molecule has 3 rings (SSSR count). The number of carbonyl (C=O) groups excluding carboxylic acids is 1. The van der Waals surface area contributed by atoms with Crippen LogP contribution in [0.1, 0.15) is 5.56 Å². The van der Waals surface area contributed by atoms with Gasteiger partial charge < -0.3 is 10.1 Å². The number of amides is 1. The summed E-state index contributed by atoms with van der Waals surface area (Å²) in [5, 5.41) is 14.3. The molecule has 2 aromatic carbocycles. The van der Waals surface area contributed by atoms with Crippen molar-refractivity contribution < 1.29 is 18.3 Å². The van der Waals surface area contributed by atoms with Crippen molar-refractivity contribution in [3.05, 3.63) is 53.6 Å². The number of carbonyl (C=O) groups is 1. The normalized spacial score (nSPS) is 10.7. The molecular weight excluding hydrogens is 376 g/mol. The molecule has 10 heteroatoms. The van der Waals surface area contributed by atoms with E-state index >= 15 is 0 Å². The Kier molecular flexibility index (Phi) is 5.65. The van der Waals surface area contributed by atoms with Crippen molar-refractivity contribution in [3.63, 3.8) is 0 Å². The lowest BCUT2D eigenvalue weighted by atomic mass is 10.2. The number of benzene rings is 2. The number of nitrogens with zero attached hydrogens (tertiary/aromatic N) is 4. The van der Waals surface area contributed by atoms with Gasteiger partial charge in [0.25, 0.3) is 0 Å². The average Bonchev–Trinajstić information content (AvgIpc) is 3.07. The quantitative estimate of drug-likeness (QED) is 0.651. The van der Waals surface area contributed by atoms with Crippen LogP contribution in [0.2, 0.25) is 0 Å². The standard InChI is InChI=1S/C17H15F2N5O2S/c1-10-3-4-15(26-2)14(5-10)24-17(21-22-23-24)27-9-16(25)20-13-7-11(18)6-12(19)8-13/h3-8H,9H2,1-2H3,(H,20,25). The minimum atomic E-state index is -0.770. The van der Waals surface area contributed by atoms with E-state index in [1.807, 2.05) is 19.1 Å². The lowest BCUT2D eigenvalue weighted by Crippen LogP contribution is -2.15. The Morgan fingerprint density at radius 1 is 1.22 bits per heavy atom. The molecule has 1 heterocycles. The monoisotopic (exact) mass is 391 g/mol. The molecule has 0 spiro atoms. The van der Waals surface area contributed by atoms with Crippen LogP contribution in [0.25, 0.3) is 5.69 Å². The van der Waals surface area contributed by atoms with Crippen LogP contribution in [0.5, 0.6) is 5.75 Å². The Bertz CT molecular complexity index is 959. The summed E-state index contributed by atoms with van der Waals surface area (Å²) >= 11 is 1.08. The Hall–Kier alpha value is -3.01. The molecule has 3 aromatic rings. The molecule has 0 aliphatic carbocycles. The predicted octanol–water partition coefficient (Wildman–Crippen LogP) is 2.99. The van der Waals surface area contributed by atoms with Crippen LogP contribution in [0.15, 0.2) is 41.6 Å². The average molecular weight is 391 g/mol. The summed E-state index contributed by atoms with van der Waals surface area (Å²) in [5.74, 6) is -1.46. The van der Waals surface area contributed by atoms with Gasteiger partial charge in [-0.2, -0.15) is 4.68 Å². The van der Waals surface area contributed by atoms with E-state index in [4.69, 9.17) is 4.74 Å². The van der Waals surface area contributed by atoms with Gasteiger partial charge in [-0.05, 0) is 47.2 Å². The van der Waals surface area contributed by atoms with E-state index in [1.54, 1.807) is 6.07 Å². The third kappa shape index (κ3) is 4.59. The number of aryl methyl sites for hydroxylation is 1. The molecule has 0 saturated heterocycles. The summed E-state index contributed by atoms with van der Waals surface area (Å²) < 4.78 is 33.2. The van der Waals surface area contributed by atoms with Crippen molar-refractivity contribution in [2.24, 2.45) is 0 Å². The molecule has 0 aliphatic rings. The molecule has 1 aromatic heterocycles. The molecule has 0 saturated carbocycles. The summed E-state index contributed by atoms with van der Waals surface area (Å²) in [7, 11) is 1.54. The van der Waals surface area contributed by atoms with E-state index in [0.717, 1.165) is 35.5 Å². The highest BCUT2D eigenvalue weighted by Gasteiger charge is 2.15. The fourth-order valence-electron chi connectivity index (χ4n) is 2.34. The predicted molar refractivity (Wildman–Crippen MR) is 96.2 cm³/mol. The Morgan fingerprint density at radius 3 is 2.67 bits per heavy atom. The van der Waals surface area contributed by atoms with Crippen molar-refractivity contribution in [1.29, 1.82) is 0 Å². The number of rotatable bonds is 6. The van der Waals surface area contributed by atoms with Gasteiger partial charge in [-0.1, -0.05) is 17.8 Å². The van der Waals surface area contributed by atoms with Crippen LogP contribution >= 0.6 is 11.8 Å². The second kappa shape index (κ2) is 8.12. The SMILES string of the molecule is COc1ccc(C)cc1-n1nnnc1SCC(=O)Nc1cc(F)cc(F)c1. The van der Waals surface area contributed by atoms with Crippen molar-refractivity contribution >= 4 is 23.4 Å². The van der Waals surface area contributed by atoms with Crippen LogP contribution < -0.4 is 10.1 Å². The van der Waals surface area contributed by atoms with Gasteiger partial charge in [-0.25, -0.2) is 8.78 Å². The number of nitrogens with one attached hydrogen (secondary N) is 1. The van der Waals surface area contributed by atoms with Gasteiger partial charge in [-0.3, -0.25) is 4.79 Å². The molecule has 1 N–H and O–H groups in total. The number of aromatic nitrogens is 4. The Morgan fingerprint density at radius 2 is 1.96 bits per heavy atom. The smallest absolute Gasteiger partial charge is 0.234 e. The molecule has 140 valence electrons. The van der Waals surface area contributed by atoms with Gasteiger partial charge in [0, 0.05) is 11.8 Å². The van der Waals surface area contributed by atoms with Gasteiger partial charge in [-0.15, -0.1) is 5.10 Å². The highest BCUT2D eigenvalue weighted by atomic mass is 32.2. The highest BCUT2D eigenvalue weighted by Crippen LogP contribution is 2.27. The summed E-state index contributed by atoms with van der Waals surface area (Å²) in [6.45, 7) is 1.92. The molecule has 0 radical (unpaired) electrons. The first-order valence-corrected chi connectivity index (χ1v) is 8.77. The molecule has 0 fully saturated rings. The van der Waals surface area contributed by atoms with E-state index in [0.29, 0.717) is 16.6 Å². The molecule has 0 unspecified atom stereocenters. The van der Waals surface area contributed by atoms with Crippen molar-refractivity contribution in [2.45, 2.75) is 12.1 Å². The fraction of sp³-hybridized carbons (Fsp3) is 0.176. The van der Waals surface area contributed by atoms with Crippen molar-refractivity contribution in [2.75, 3.05) is 18.2 Å². The van der Waals surface area contributed by atoms with Crippen LogP contribution in [-0.4, -0.2) is 39.0 Å². The van der Waals surface area contributed by atoms with Crippen LogP contribution in [0, 0.1) is 18.6 Å². The largest absolute Gasteiger partial charge is 0.494 e. The third-order valence-electron chi connectivity index (χ3n) is 3.48. The van der Waals surface area contributed by atoms with Gasteiger partial charge >= 0.3 is 0 Å². The third-order valence-corrected chi connectivity index (χ3v) is 4.40. The maximum absolute atomic E-state index is 13.2. The lowest BCUT2D eigenvalue weighted by molar-refractivity contribution is -0.113. The Balaban J connectivity index is 1.72. The number of methoxy groups -OCH3 is 1. The fourth-order valence-corrected chi connectivity index (χ4v) is 3.02. The molecule has 0 bridgehead atoms. The minimum Gasteiger partial charge on any atom is -0.494 e. The van der Waals surface area contributed by atoms with Gasteiger partial charge in [0.15, 0.2) is 0 Å². The zero-order valence-electron chi connectivity index (χ0n) is 14.4. The van der Waals surface area contributed by atoms with Crippen LogP contribution in [0.4, 0.5) is 14.5 Å². The van der Waals surface area contributed by atoms with E-state index in [-0.39, 0.29) is 11.4 Å². The first kappa shape index (κ1) is 18.8. The summed E-state index contributed by atoms with van der Waals surface area (Å²) in [6.07, 6.45) is 0. The second-order valence-corrected chi connectivity index (χ2v) is 6.49. The topological polar surface area (TPSA) is 81.9 Å². The maximum Gasteiger partial charge on any atom is 0.234 e. The summed E-state index contributed by atoms with van der Waals surface area (Å²) in [4.78, 5) is 12.1. The Labute approximate surface area is 157 Å².